The molecule has 0 N–H and O–H groups in total. The van der Waals surface area contributed by atoms with Crippen LogP contribution in [0.1, 0.15) is 32.1 Å². The number of halogens is 3. The number of carbonyl (C=O) groups is 1. The molecule has 3 heterocycles. The van der Waals surface area contributed by atoms with E-state index in [1.165, 1.54) is 0 Å². The van der Waals surface area contributed by atoms with Gasteiger partial charge in [0.05, 0.1) is 6.42 Å². The second kappa shape index (κ2) is 7.58. The van der Waals surface area contributed by atoms with Crippen molar-refractivity contribution in [2.75, 3.05) is 31.1 Å². The Kier molecular flexibility index (Phi) is 5.44. The molecule has 1 unspecified atom stereocenters. The Labute approximate surface area is 145 Å². The molecule has 0 radical (unpaired) electrons. The summed E-state index contributed by atoms with van der Waals surface area (Å²) in [6.45, 7) is 2.95. The molecule has 2 saturated heterocycles. The minimum absolute atomic E-state index is 0.366. The number of carbonyl (C=O) groups excluding carboxylic acids is 1. The molecule has 0 aromatic carbocycles. The summed E-state index contributed by atoms with van der Waals surface area (Å²) in [6, 6.07) is 1.79. The van der Waals surface area contributed by atoms with E-state index in [1.54, 1.807) is 23.4 Å². The van der Waals surface area contributed by atoms with Crippen LogP contribution in [-0.2, 0) is 4.79 Å². The smallest absolute Gasteiger partial charge is 0.342 e. The Balaban J connectivity index is 1.45. The first kappa shape index (κ1) is 17.9. The van der Waals surface area contributed by atoms with Gasteiger partial charge in [0.2, 0.25) is 11.9 Å². The normalized spacial score (nSPS) is 22.4. The molecule has 25 heavy (non-hydrogen) atoms. The lowest BCUT2D eigenvalue weighted by Gasteiger charge is -2.34. The highest BCUT2D eigenvalue weighted by atomic mass is 19.4. The summed E-state index contributed by atoms with van der Waals surface area (Å²) in [6.07, 6.45) is 0.653. The third-order valence-electron chi connectivity index (χ3n) is 5.24. The SMILES string of the molecule is O=C(CCC(F)(F)F)N1CCC(C2CCN(c3ncccn3)CC2)C1. The molecule has 1 aromatic rings. The summed E-state index contributed by atoms with van der Waals surface area (Å²) in [4.78, 5) is 24.3. The lowest BCUT2D eigenvalue weighted by molar-refractivity contribution is -0.148. The number of aromatic nitrogens is 2. The lowest BCUT2D eigenvalue weighted by Crippen LogP contribution is -2.38. The van der Waals surface area contributed by atoms with Gasteiger partial charge in [-0.05, 0) is 37.2 Å². The van der Waals surface area contributed by atoms with Gasteiger partial charge >= 0.3 is 6.18 Å². The molecule has 1 aromatic heterocycles. The third-order valence-corrected chi connectivity index (χ3v) is 5.24. The first-order valence-electron chi connectivity index (χ1n) is 8.79. The summed E-state index contributed by atoms with van der Waals surface area (Å²) in [5.41, 5.74) is 0. The van der Waals surface area contributed by atoms with E-state index in [0.717, 1.165) is 38.3 Å². The fourth-order valence-corrected chi connectivity index (χ4v) is 3.83. The van der Waals surface area contributed by atoms with Gasteiger partial charge in [-0.1, -0.05) is 0 Å². The largest absolute Gasteiger partial charge is 0.389 e. The van der Waals surface area contributed by atoms with Gasteiger partial charge in [-0.3, -0.25) is 4.79 Å². The maximum atomic E-state index is 12.3. The van der Waals surface area contributed by atoms with Crippen LogP contribution in [0.15, 0.2) is 18.5 Å². The number of anilines is 1. The Morgan fingerprint density at radius 3 is 2.36 bits per heavy atom. The molecule has 2 fully saturated rings. The fourth-order valence-electron chi connectivity index (χ4n) is 3.83. The maximum Gasteiger partial charge on any atom is 0.389 e. The van der Waals surface area contributed by atoms with Crippen molar-refractivity contribution in [3.05, 3.63) is 18.5 Å². The Morgan fingerprint density at radius 1 is 1.08 bits per heavy atom. The van der Waals surface area contributed by atoms with E-state index in [-0.39, 0.29) is 5.91 Å². The van der Waals surface area contributed by atoms with Crippen LogP contribution < -0.4 is 4.90 Å². The third kappa shape index (κ3) is 4.83. The molecule has 3 rings (SSSR count). The molecular formula is C17H23F3N4O. The summed E-state index contributed by atoms with van der Waals surface area (Å²) in [5.74, 6) is 1.29. The van der Waals surface area contributed by atoms with Gasteiger partial charge in [-0.25, -0.2) is 9.97 Å². The summed E-state index contributed by atoms with van der Waals surface area (Å²) in [5, 5.41) is 0. The van der Waals surface area contributed by atoms with E-state index in [9.17, 15) is 18.0 Å². The van der Waals surface area contributed by atoms with Crippen LogP contribution in [0.25, 0.3) is 0 Å². The molecule has 0 spiro atoms. The quantitative estimate of drug-likeness (QED) is 0.832. The number of alkyl halides is 3. The van der Waals surface area contributed by atoms with Crippen LogP contribution >= 0.6 is 0 Å². The Hall–Kier alpha value is -1.86. The van der Waals surface area contributed by atoms with Crippen LogP contribution in [0.5, 0.6) is 0 Å². The zero-order valence-electron chi connectivity index (χ0n) is 14.1. The van der Waals surface area contributed by atoms with E-state index in [4.69, 9.17) is 0 Å². The summed E-state index contributed by atoms with van der Waals surface area (Å²) in [7, 11) is 0. The van der Waals surface area contributed by atoms with Crippen LogP contribution in [0.4, 0.5) is 19.1 Å². The minimum atomic E-state index is -4.26. The van der Waals surface area contributed by atoms with Crippen molar-refractivity contribution in [1.29, 1.82) is 0 Å². The number of nitrogens with zero attached hydrogens (tertiary/aromatic N) is 4. The number of likely N-dealkylation sites (tertiary alicyclic amines) is 1. The monoisotopic (exact) mass is 356 g/mol. The zero-order valence-corrected chi connectivity index (χ0v) is 14.1. The molecule has 5 nitrogen and oxygen atoms in total. The second-order valence-electron chi connectivity index (χ2n) is 6.88. The van der Waals surface area contributed by atoms with Crippen LogP contribution in [0.2, 0.25) is 0 Å². The van der Waals surface area contributed by atoms with E-state index in [1.807, 2.05) is 0 Å². The number of hydrogen-bond acceptors (Lipinski definition) is 4. The Morgan fingerprint density at radius 2 is 1.72 bits per heavy atom. The van der Waals surface area contributed by atoms with E-state index >= 15 is 0 Å². The standard InChI is InChI=1S/C17H23F3N4O/c18-17(19,20)6-2-15(25)24-11-5-14(12-24)13-3-9-23(10-4-13)16-21-7-1-8-22-16/h1,7-8,13-14H,2-6,9-12H2. The fraction of sp³-hybridized carbons (Fsp3) is 0.706. The Bertz CT molecular complexity index is 573. The highest BCUT2D eigenvalue weighted by molar-refractivity contribution is 5.76. The van der Waals surface area contributed by atoms with Gasteiger partial charge in [-0.2, -0.15) is 13.2 Å². The second-order valence-corrected chi connectivity index (χ2v) is 6.88. The predicted octanol–water partition coefficient (Wildman–Crippen LogP) is 2.88. The van der Waals surface area contributed by atoms with Crippen molar-refractivity contribution >= 4 is 11.9 Å². The van der Waals surface area contributed by atoms with E-state index in [0.29, 0.717) is 24.9 Å². The average molecular weight is 356 g/mol. The van der Waals surface area contributed by atoms with Gasteiger partial charge in [0.1, 0.15) is 0 Å². The molecule has 138 valence electrons. The zero-order chi connectivity index (χ0) is 17.9. The van der Waals surface area contributed by atoms with Gasteiger partial charge in [-0.15, -0.1) is 0 Å². The molecular weight excluding hydrogens is 333 g/mol. The van der Waals surface area contributed by atoms with Crippen LogP contribution in [0.3, 0.4) is 0 Å². The number of amides is 1. The van der Waals surface area contributed by atoms with Crippen molar-refractivity contribution in [3.63, 3.8) is 0 Å². The van der Waals surface area contributed by atoms with Gasteiger partial charge in [0.25, 0.3) is 0 Å². The van der Waals surface area contributed by atoms with Gasteiger partial charge < -0.3 is 9.80 Å². The molecule has 2 aliphatic heterocycles. The van der Waals surface area contributed by atoms with Gasteiger partial charge in [0.15, 0.2) is 0 Å². The van der Waals surface area contributed by atoms with Crippen molar-refractivity contribution in [1.82, 2.24) is 14.9 Å². The van der Waals surface area contributed by atoms with Crippen molar-refractivity contribution in [2.24, 2.45) is 11.8 Å². The van der Waals surface area contributed by atoms with Crippen molar-refractivity contribution < 1.29 is 18.0 Å². The lowest BCUT2D eigenvalue weighted by atomic mass is 9.84. The number of hydrogen-bond donors (Lipinski definition) is 0. The molecule has 1 atom stereocenters. The van der Waals surface area contributed by atoms with E-state index < -0.39 is 19.0 Å². The van der Waals surface area contributed by atoms with Crippen LogP contribution in [0, 0.1) is 11.8 Å². The molecule has 8 heteroatoms. The molecule has 0 bridgehead atoms. The van der Waals surface area contributed by atoms with Gasteiger partial charge in [0, 0.05) is 45.0 Å². The number of rotatable bonds is 4. The van der Waals surface area contributed by atoms with Crippen molar-refractivity contribution in [2.45, 2.75) is 38.3 Å². The number of piperidine rings is 1. The maximum absolute atomic E-state index is 12.3. The highest BCUT2D eigenvalue weighted by Crippen LogP contribution is 2.33. The first-order chi connectivity index (χ1) is 11.9. The van der Waals surface area contributed by atoms with Crippen molar-refractivity contribution in [3.8, 4) is 0 Å². The highest BCUT2D eigenvalue weighted by Gasteiger charge is 2.35. The predicted molar refractivity (Wildman–Crippen MR) is 86.9 cm³/mol. The van der Waals surface area contributed by atoms with E-state index in [2.05, 4.69) is 14.9 Å². The molecule has 0 aliphatic carbocycles. The summed E-state index contributed by atoms with van der Waals surface area (Å²) >= 11 is 0. The first-order valence-corrected chi connectivity index (χ1v) is 8.79. The minimum Gasteiger partial charge on any atom is -0.342 e. The molecule has 0 saturated carbocycles. The average Bonchev–Trinajstić information content (AvgIpc) is 3.10. The summed E-state index contributed by atoms with van der Waals surface area (Å²) < 4.78 is 36.8. The molecule has 2 aliphatic rings. The van der Waals surface area contributed by atoms with Crippen LogP contribution in [-0.4, -0.2) is 53.1 Å². The molecule has 1 amide bonds. The topological polar surface area (TPSA) is 49.3 Å².